The summed E-state index contributed by atoms with van der Waals surface area (Å²) in [5.74, 6) is 0.620. The summed E-state index contributed by atoms with van der Waals surface area (Å²) in [7, 11) is 0. The molecule has 1 rings (SSSR count). The summed E-state index contributed by atoms with van der Waals surface area (Å²) in [4.78, 5) is 0. The third-order valence-corrected chi connectivity index (χ3v) is 2.01. The number of nitrogens with zero attached hydrogens (tertiary/aromatic N) is 3. The largest absolute Gasteiger partial charge is 0.325 e. The molecule has 0 aliphatic heterocycles. The summed E-state index contributed by atoms with van der Waals surface area (Å²) in [5.41, 5.74) is 7.71. The minimum absolute atomic E-state index is 0.488. The molecule has 0 fully saturated rings. The lowest BCUT2D eigenvalue weighted by Crippen LogP contribution is -2.09. The fraction of sp³-hybridized carbons (Fsp3) is 0.778. The van der Waals surface area contributed by atoms with E-state index in [1.165, 1.54) is 5.69 Å². The molecule has 0 amide bonds. The Morgan fingerprint density at radius 1 is 1.46 bits per heavy atom. The lowest BCUT2D eigenvalue weighted by molar-refractivity contribution is 0.552. The van der Waals surface area contributed by atoms with Crippen LogP contribution in [0.3, 0.4) is 0 Å². The lowest BCUT2D eigenvalue weighted by Gasteiger charge is -2.07. The Morgan fingerprint density at radius 2 is 2.15 bits per heavy atom. The standard InChI is InChI=1S/C9H18N4/c1-4-13-9(5-7(2)3)8(6-10)11-12-13/h7H,4-6,10H2,1-3H3. The van der Waals surface area contributed by atoms with Gasteiger partial charge in [-0.05, 0) is 19.3 Å². The van der Waals surface area contributed by atoms with Gasteiger partial charge in [0.25, 0.3) is 0 Å². The second kappa shape index (κ2) is 4.37. The van der Waals surface area contributed by atoms with E-state index in [1.807, 2.05) is 4.68 Å². The maximum absolute atomic E-state index is 5.58. The van der Waals surface area contributed by atoms with Crippen LogP contribution in [0.4, 0.5) is 0 Å². The molecule has 0 saturated carbocycles. The molecule has 1 heterocycles. The zero-order chi connectivity index (χ0) is 9.84. The second-order valence-electron chi connectivity index (χ2n) is 3.60. The Labute approximate surface area is 79.1 Å². The van der Waals surface area contributed by atoms with Crippen molar-refractivity contribution in [3.63, 3.8) is 0 Å². The molecule has 74 valence electrons. The number of hydrogen-bond donors (Lipinski definition) is 1. The van der Waals surface area contributed by atoms with Crippen LogP contribution in [0.2, 0.25) is 0 Å². The number of hydrogen-bond acceptors (Lipinski definition) is 3. The molecule has 13 heavy (non-hydrogen) atoms. The molecular formula is C9H18N4. The molecule has 1 aromatic rings. The Bertz CT molecular complexity index is 243. The molecular weight excluding hydrogens is 164 g/mol. The third-order valence-electron chi connectivity index (χ3n) is 2.01. The van der Waals surface area contributed by atoms with Gasteiger partial charge in [-0.15, -0.1) is 5.10 Å². The van der Waals surface area contributed by atoms with Crippen LogP contribution in [0.1, 0.15) is 32.2 Å². The zero-order valence-corrected chi connectivity index (χ0v) is 8.62. The number of nitrogens with two attached hydrogens (primary N) is 1. The van der Waals surface area contributed by atoms with Gasteiger partial charge in [0, 0.05) is 13.1 Å². The molecule has 0 aliphatic rings. The minimum Gasteiger partial charge on any atom is -0.325 e. The smallest absolute Gasteiger partial charge is 0.0994 e. The zero-order valence-electron chi connectivity index (χ0n) is 8.62. The second-order valence-corrected chi connectivity index (χ2v) is 3.60. The van der Waals surface area contributed by atoms with Crippen LogP contribution in [-0.4, -0.2) is 15.0 Å². The lowest BCUT2D eigenvalue weighted by atomic mass is 10.1. The van der Waals surface area contributed by atoms with Crippen molar-refractivity contribution in [2.75, 3.05) is 0 Å². The SMILES string of the molecule is CCn1nnc(CN)c1CC(C)C. The van der Waals surface area contributed by atoms with Crippen molar-refractivity contribution in [1.29, 1.82) is 0 Å². The summed E-state index contributed by atoms with van der Waals surface area (Å²) < 4.78 is 1.93. The van der Waals surface area contributed by atoms with Gasteiger partial charge < -0.3 is 5.73 Å². The normalized spacial score (nSPS) is 11.2. The van der Waals surface area contributed by atoms with E-state index in [2.05, 4.69) is 31.1 Å². The average molecular weight is 182 g/mol. The van der Waals surface area contributed by atoms with Gasteiger partial charge in [0.2, 0.25) is 0 Å². The van der Waals surface area contributed by atoms with Crippen molar-refractivity contribution in [2.45, 2.75) is 40.3 Å². The van der Waals surface area contributed by atoms with Gasteiger partial charge in [0.05, 0.1) is 11.4 Å². The fourth-order valence-electron chi connectivity index (χ4n) is 1.39. The molecule has 0 unspecified atom stereocenters. The molecule has 0 aliphatic carbocycles. The van der Waals surface area contributed by atoms with Gasteiger partial charge in [-0.3, -0.25) is 0 Å². The van der Waals surface area contributed by atoms with Gasteiger partial charge in [-0.25, -0.2) is 4.68 Å². The molecule has 0 saturated heterocycles. The van der Waals surface area contributed by atoms with Gasteiger partial charge >= 0.3 is 0 Å². The van der Waals surface area contributed by atoms with E-state index in [4.69, 9.17) is 5.73 Å². The van der Waals surface area contributed by atoms with E-state index in [9.17, 15) is 0 Å². The molecule has 0 aromatic carbocycles. The van der Waals surface area contributed by atoms with Crippen LogP contribution in [0.5, 0.6) is 0 Å². The summed E-state index contributed by atoms with van der Waals surface area (Å²) >= 11 is 0. The van der Waals surface area contributed by atoms with E-state index in [0.717, 1.165) is 18.7 Å². The van der Waals surface area contributed by atoms with Crippen molar-refractivity contribution in [3.8, 4) is 0 Å². The number of rotatable bonds is 4. The molecule has 2 N–H and O–H groups in total. The monoisotopic (exact) mass is 182 g/mol. The highest BCUT2D eigenvalue weighted by Gasteiger charge is 2.11. The molecule has 4 heteroatoms. The molecule has 0 atom stereocenters. The van der Waals surface area contributed by atoms with E-state index in [-0.39, 0.29) is 0 Å². The van der Waals surface area contributed by atoms with Crippen molar-refractivity contribution < 1.29 is 0 Å². The highest BCUT2D eigenvalue weighted by atomic mass is 15.4. The summed E-state index contributed by atoms with van der Waals surface area (Å²) in [5, 5.41) is 8.09. The highest BCUT2D eigenvalue weighted by Crippen LogP contribution is 2.10. The topological polar surface area (TPSA) is 56.7 Å². The molecule has 1 aromatic heterocycles. The van der Waals surface area contributed by atoms with Gasteiger partial charge in [0.15, 0.2) is 0 Å². The molecule has 4 nitrogen and oxygen atoms in total. The van der Waals surface area contributed by atoms with E-state index in [1.54, 1.807) is 0 Å². The Kier molecular flexibility index (Phi) is 3.42. The van der Waals surface area contributed by atoms with Crippen LogP contribution in [0.25, 0.3) is 0 Å². The fourth-order valence-corrected chi connectivity index (χ4v) is 1.39. The van der Waals surface area contributed by atoms with Crippen molar-refractivity contribution in [2.24, 2.45) is 11.7 Å². The van der Waals surface area contributed by atoms with E-state index < -0.39 is 0 Å². The number of aromatic nitrogens is 3. The van der Waals surface area contributed by atoms with Crippen LogP contribution in [0, 0.1) is 5.92 Å². The van der Waals surface area contributed by atoms with Crippen LogP contribution >= 0.6 is 0 Å². The van der Waals surface area contributed by atoms with Crippen LogP contribution in [-0.2, 0) is 19.5 Å². The first kappa shape index (κ1) is 10.2. The quantitative estimate of drug-likeness (QED) is 0.754. The molecule has 0 spiro atoms. The Hall–Kier alpha value is -0.900. The van der Waals surface area contributed by atoms with Crippen LogP contribution < -0.4 is 5.73 Å². The first-order chi connectivity index (χ1) is 6.19. The van der Waals surface area contributed by atoms with Crippen molar-refractivity contribution in [3.05, 3.63) is 11.4 Å². The predicted octanol–water partition coefficient (Wildman–Crippen LogP) is 0.955. The maximum atomic E-state index is 5.58. The Morgan fingerprint density at radius 3 is 2.62 bits per heavy atom. The van der Waals surface area contributed by atoms with Crippen molar-refractivity contribution >= 4 is 0 Å². The Balaban J connectivity index is 2.91. The van der Waals surface area contributed by atoms with E-state index in [0.29, 0.717) is 12.5 Å². The summed E-state index contributed by atoms with van der Waals surface area (Å²) in [6, 6.07) is 0. The van der Waals surface area contributed by atoms with E-state index >= 15 is 0 Å². The van der Waals surface area contributed by atoms with Gasteiger partial charge in [-0.1, -0.05) is 19.1 Å². The first-order valence-electron chi connectivity index (χ1n) is 4.80. The third kappa shape index (κ3) is 2.28. The first-order valence-corrected chi connectivity index (χ1v) is 4.80. The van der Waals surface area contributed by atoms with Gasteiger partial charge in [-0.2, -0.15) is 0 Å². The summed E-state index contributed by atoms with van der Waals surface area (Å²) in [6.07, 6.45) is 1.01. The highest BCUT2D eigenvalue weighted by molar-refractivity contribution is 5.10. The summed E-state index contributed by atoms with van der Waals surface area (Å²) in [6.45, 7) is 7.80. The molecule has 0 bridgehead atoms. The predicted molar refractivity (Wildman–Crippen MR) is 52.1 cm³/mol. The molecule has 0 radical (unpaired) electrons. The minimum atomic E-state index is 0.488. The van der Waals surface area contributed by atoms with Gasteiger partial charge in [0.1, 0.15) is 0 Å². The van der Waals surface area contributed by atoms with Crippen molar-refractivity contribution in [1.82, 2.24) is 15.0 Å². The van der Waals surface area contributed by atoms with Crippen LogP contribution in [0.15, 0.2) is 0 Å². The average Bonchev–Trinajstić information content (AvgIpc) is 2.46. The maximum Gasteiger partial charge on any atom is 0.0994 e. The number of aryl methyl sites for hydroxylation is 1.